The summed E-state index contributed by atoms with van der Waals surface area (Å²) in [5, 5.41) is 10.7. The summed E-state index contributed by atoms with van der Waals surface area (Å²) in [5.74, 6) is 0.981. The van der Waals surface area contributed by atoms with Crippen LogP contribution in [0.2, 0.25) is 0 Å². The fourth-order valence-electron chi connectivity index (χ4n) is 2.18. The first kappa shape index (κ1) is 15.4. The van der Waals surface area contributed by atoms with E-state index in [2.05, 4.69) is 22.4 Å². The average Bonchev–Trinajstić information content (AvgIpc) is 3.24. The number of carbonyl (C=O) groups is 1. The van der Waals surface area contributed by atoms with Gasteiger partial charge in [0.25, 0.3) is 0 Å². The first-order valence-corrected chi connectivity index (χ1v) is 8.43. The summed E-state index contributed by atoms with van der Waals surface area (Å²) in [6.07, 6.45) is 1.68. The first-order valence-electron chi connectivity index (χ1n) is 7.48. The van der Waals surface area contributed by atoms with E-state index in [9.17, 15) is 4.79 Å². The molecule has 23 heavy (non-hydrogen) atoms. The molecule has 0 aliphatic heterocycles. The average molecular weight is 327 g/mol. The second-order valence-electron chi connectivity index (χ2n) is 5.13. The maximum Gasteiger partial charge on any atom is 0.227 e. The number of amides is 1. The van der Waals surface area contributed by atoms with Gasteiger partial charge in [0.15, 0.2) is 0 Å². The number of benzene rings is 1. The molecule has 0 radical (unpaired) electrons. The molecule has 0 spiro atoms. The van der Waals surface area contributed by atoms with Crippen LogP contribution in [-0.2, 0) is 17.6 Å². The summed E-state index contributed by atoms with van der Waals surface area (Å²) in [4.78, 5) is 16.3. The van der Waals surface area contributed by atoms with E-state index in [4.69, 9.17) is 4.52 Å². The quantitative estimate of drug-likeness (QED) is 0.745. The summed E-state index contributed by atoms with van der Waals surface area (Å²) >= 11 is 1.58. The fraction of sp³-hybridized carbons (Fsp3) is 0.235. The van der Waals surface area contributed by atoms with Gasteiger partial charge in [0.05, 0.1) is 0 Å². The van der Waals surface area contributed by atoms with Gasteiger partial charge < -0.3 is 9.84 Å². The van der Waals surface area contributed by atoms with Crippen LogP contribution in [0.4, 0.5) is 5.69 Å². The van der Waals surface area contributed by atoms with E-state index in [-0.39, 0.29) is 5.91 Å². The Kier molecular flexibility index (Phi) is 4.83. The standard InChI is InChI=1S/C17H17N3O2S/c1-2-12-4-3-5-14(10-12)18-15(21)6-7-16-19-17(20-22-16)13-8-9-23-11-13/h3-5,8-11H,2,6-7H2,1H3,(H,18,21). The van der Waals surface area contributed by atoms with E-state index < -0.39 is 0 Å². The number of anilines is 1. The molecule has 3 rings (SSSR count). The SMILES string of the molecule is CCc1cccc(NC(=O)CCc2nc(-c3ccsc3)no2)c1. The van der Waals surface area contributed by atoms with Crippen molar-refractivity contribution in [2.75, 3.05) is 5.32 Å². The molecule has 2 aromatic heterocycles. The molecule has 0 unspecified atom stereocenters. The number of hydrogen-bond donors (Lipinski definition) is 1. The highest BCUT2D eigenvalue weighted by molar-refractivity contribution is 7.08. The third-order valence-electron chi connectivity index (χ3n) is 3.43. The summed E-state index contributed by atoms with van der Waals surface area (Å²) < 4.78 is 5.19. The highest BCUT2D eigenvalue weighted by Gasteiger charge is 2.11. The summed E-state index contributed by atoms with van der Waals surface area (Å²) in [7, 11) is 0. The Morgan fingerprint density at radius 3 is 3.04 bits per heavy atom. The molecular formula is C17H17N3O2S. The van der Waals surface area contributed by atoms with Gasteiger partial charge in [-0.15, -0.1) is 0 Å². The number of hydrogen-bond acceptors (Lipinski definition) is 5. The highest BCUT2D eigenvalue weighted by atomic mass is 32.1. The minimum absolute atomic E-state index is 0.0615. The third-order valence-corrected chi connectivity index (χ3v) is 4.12. The van der Waals surface area contributed by atoms with Gasteiger partial charge >= 0.3 is 0 Å². The molecule has 0 saturated carbocycles. The van der Waals surface area contributed by atoms with E-state index in [1.165, 1.54) is 5.56 Å². The van der Waals surface area contributed by atoms with Gasteiger partial charge in [0, 0.05) is 29.5 Å². The molecule has 2 heterocycles. The summed E-state index contributed by atoms with van der Waals surface area (Å²) in [5.41, 5.74) is 2.95. The smallest absolute Gasteiger partial charge is 0.227 e. The Hall–Kier alpha value is -2.47. The Morgan fingerprint density at radius 2 is 2.26 bits per heavy atom. The van der Waals surface area contributed by atoms with Crippen molar-refractivity contribution in [1.29, 1.82) is 0 Å². The van der Waals surface area contributed by atoms with Crippen LogP contribution in [0.3, 0.4) is 0 Å². The Labute approximate surface area is 138 Å². The zero-order valence-corrected chi connectivity index (χ0v) is 13.6. The molecule has 5 nitrogen and oxygen atoms in total. The minimum Gasteiger partial charge on any atom is -0.339 e. The van der Waals surface area contributed by atoms with Crippen LogP contribution in [0.5, 0.6) is 0 Å². The lowest BCUT2D eigenvalue weighted by atomic mass is 10.1. The molecule has 1 aromatic carbocycles. The molecule has 0 saturated heterocycles. The second-order valence-corrected chi connectivity index (χ2v) is 5.91. The normalized spacial score (nSPS) is 10.7. The molecule has 6 heteroatoms. The lowest BCUT2D eigenvalue weighted by molar-refractivity contribution is -0.116. The topological polar surface area (TPSA) is 68.0 Å². The number of carbonyl (C=O) groups excluding carboxylic acids is 1. The lowest BCUT2D eigenvalue weighted by Gasteiger charge is -2.05. The van der Waals surface area contributed by atoms with E-state index in [1.54, 1.807) is 11.3 Å². The summed E-state index contributed by atoms with van der Waals surface area (Å²) in [6, 6.07) is 9.80. The van der Waals surface area contributed by atoms with Crippen molar-refractivity contribution >= 4 is 22.9 Å². The molecule has 0 atom stereocenters. The molecule has 0 aliphatic rings. The van der Waals surface area contributed by atoms with Gasteiger partial charge in [-0.1, -0.05) is 24.2 Å². The largest absolute Gasteiger partial charge is 0.339 e. The second kappa shape index (κ2) is 7.19. The molecule has 3 aromatic rings. The lowest BCUT2D eigenvalue weighted by Crippen LogP contribution is -2.12. The van der Waals surface area contributed by atoms with E-state index in [0.717, 1.165) is 17.7 Å². The minimum atomic E-state index is -0.0615. The fourth-order valence-corrected chi connectivity index (χ4v) is 2.81. The van der Waals surface area contributed by atoms with Crippen LogP contribution in [-0.4, -0.2) is 16.0 Å². The monoisotopic (exact) mass is 327 g/mol. The predicted octanol–water partition coefficient (Wildman–Crippen LogP) is 3.93. The number of rotatable bonds is 6. The maximum atomic E-state index is 12.0. The van der Waals surface area contributed by atoms with E-state index >= 15 is 0 Å². The number of thiophene rings is 1. The van der Waals surface area contributed by atoms with Crippen LogP contribution in [0, 0.1) is 0 Å². The number of nitrogens with one attached hydrogen (secondary N) is 1. The van der Waals surface area contributed by atoms with Crippen LogP contribution >= 0.6 is 11.3 Å². The number of nitrogens with zero attached hydrogens (tertiary/aromatic N) is 2. The van der Waals surface area contributed by atoms with E-state index in [1.807, 2.05) is 41.1 Å². The Morgan fingerprint density at radius 1 is 1.35 bits per heavy atom. The van der Waals surface area contributed by atoms with Crippen molar-refractivity contribution in [1.82, 2.24) is 10.1 Å². The van der Waals surface area contributed by atoms with Crippen molar-refractivity contribution < 1.29 is 9.32 Å². The van der Waals surface area contributed by atoms with Gasteiger partial charge in [-0.05, 0) is 35.6 Å². The van der Waals surface area contributed by atoms with Gasteiger partial charge in [-0.3, -0.25) is 4.79 Å². The number of aromatic nitrogens is 2. The van der Waals surface area contributed by atoms with Crippen molar-refractivity contribution in [3.05, 3.63) is 52.5 Å². The zero-order valence-electron chi connectivity index (χ0n) is 12.8. The summed E-state index contributed by atoms with van der Waals surface area (Å²) in [6.45, 7) is 2.08. The highest BCUT2D eigenvalue weighted by Crippen LogP contribution is 2.19. The Balaban J connectivity index is 1.54. The third kappa shape index (κ3) is 4.04. The molecule has 1 N–H and O–H groups in total. The number of aryl methyl sites for hydroxylation is 2. The van der Waals surface area contributed by atoms with Crippen LogP contribution < -0.4 is 5.32 Å². The maximum absolute atomic E-state index is 12.0. The molecule has 118 valence electrons. The zero-order chi connectivity index (χ0) is 16.1. The molecule has 0 aliphatic carbocycles. The van der Waals surface area contributed by atoms with Crippen LogP contribution in [0.25, 0.3) is 11.4 Å². The van der Waals surface area contributed by atoms with Crippen molar-refractivity contribution in [2.45, 2.75) is 26.2 Å². The van der Waals surface area contributed by atoms with Crippen LogP contribution in [0.1, 0.15) is 24.8 Å². The van der Waals surface area contributed by atoms with Gasteiger partial charge in [0.1, 0.15) is 0 Å². The van der Waals surface area contributed by atoms with Gasteiger partial charge in [0.2, 0.25) is 17.6 Å². The molecular weight excluding hydrogens is 310 g/mol. The van der Waals surface area contributed by atoms with Crippen molar-refractivity contribution in [3.63, 3.8) is 0 Å². The van der Waals surface area contributed by atoms with Crippen molar-refractivity contribution in [3.8, 4) is 11.4 Å². The first-order chi connectivity index (χ1) is 11.2. The molecule has 0 bridgehead atoms. The molecule has 0 fully saturated rings. The van der Waals surface area contributed by atoms with E-state index in [0.29, 0.717) is 24.6 Å². The Bertz CT molecular complexity index is 781. The molecule has 1 amide bonds. The van der Waals surface area contributed by atoms with Gasteiger partial charge in [-0.2, -0.15) is 16.3 Å². The van der Waals surface area contributed by atoms with Gasteiger partial charge in [-0.25, -0.2) is 0 Å². The van der Waals surface area contributed by atoms with Crippen LogP contribution in [0.15, 0.2) is 45.6 Å². The predicted molar refractivity (Wildman–Crippen MR) is 90.4 cm³/mol. The van der Waals surface area contributed by atoms with Crippen molar-refractivity contribution in [2.24, 2.45) is 0 Å².